The Balaban J connectivity index is 1.66. The molecule has 0 spiro atoms. The van der Waals surface area contributed by atoms with E-state index in [1.807, 2.05) is 66.7 Å². The smallest absolute Gasteiger partial charge is 0.321 e. The van der Waals surface area contributed by atoms with Crippen molar-refractivity contribution < 1.29 is 9.59 Å². The van der Waals surface area contributed by atoms with E-state index in [-0.39, 0.29) is 5.91 Å². The minimum Gasteiger partial charge on any atom is -0.326 e. The Morgan fingerprint density at radius 1 is 1.03 bits per heavy atom. The van der Waals surface area contributed by atoms with Gasteiger partial charge in [-0.3, -0.25) is 4.79 Å². The zero-order chi connectivity index (χ0) is 21.8. The molecule has 4 rings (SSSR count). The Labute approximate surface area is 180 Å². The first kappa shape index (κ1) is 20.3. The highest BCUT2D eigenvalue weighted by molar-refractivity contribution is 6.20. The Morgan fingerprint density at radius 3 is 2.55 bits per heavy atom. The Hall–Kier alpha value is -3.97. The lowest BCUT2D eigenvalue weighted by atomic mass is 10.0. The van der Waals surface area contributed by atoms with Gasteiger partial charge in [-0.25, -0.2) is 9.79 Å². The van der Waals surface area contributed by atoms with Gasteiger partial charge in [0, 0.05) is 30.4 Å². The number of aliphatic imine (C=N–C) groups is 1. The fraction of sp³-hybridized carbons (Fsp3) is 0.125. The number of benzene rings is 3. The molecular weight excluding hydrogens is 390 g/mol. The summed E-state index contributed by atoms with van der Waals surface area (Å²) in [4.78, 5) is 32.0. The molecule has 4 N–H and O–H groups in total. The first-order chi connectivity index (χ1) is 15.1. The predicted octanol–water partition coefficient (Wildman–Crippen LogP) is 3.11. The Bertz CT molecular complexity index is 1140. The topological polar surface area (TPSA) is 99.8 Å². The molecule has 7 nitrogen and oxygen atoms in total. The number of fused-ring (bicyclic) bond motifs is 1. The van der Waals surface area contributed by atoms with Gasteiger partial charge in [0.25, 0.3) is 5.91 Å². The molecule has 0 fully saturated rings. The molecule has 3 aromatic carbocycles. The quantitative estimate of drug-likeness (QED) is 0.613. The summed E-state index contributed by atoms with van der Waals surface area (Å²) in [6, 6.07) is 23.9. The fourth-order valence-corrected chi connectivity index (χ4v) is 3.51. The number of likely N-dealkylation sites (N-methyl/N-ethyl adjacent to an activating group) is 1. The van der Waals surface area contributed by atoms with Gasteiger partial charge in [0.2, 0.25) is 6.17 Å². The van der Waals surface area contributed by atoms with Gasteiger partial charge in [0.05, 0.1) is 11.4 Å². The van der Waals surface area contributed by atoms with E-state index < -0.39 is 12.2 Å². The van der Waals surface area contributed by atoms with Gasteiger partial charge in [-0.1, -0.05) is 60.7 Å². The molecule has 156 valence electrons. The molecule has 1 heterocycles. The van der Waals surface area contributed by atoms with Gasteiger partial charge in [-0.15, -0.1) is 0 Å². The van der Waals surface area contributed by atoms with Crippen molar-refractivity contribution in [1.29, 1.82) is 0 Å². The molecule has 3 aromatic rings. The normalized spacial score (nSPS) is 15.5. The van der Waals surface area contributed by atoms with Crippen LogP contribution in [0.4, 0.5) is 16.2 Å². The summed E-state index contributed by atoms with van der Waals surface area (Å²) in [7, 11) is 1.68. The van der Waals surface area contributed by atoms with Crippen LogP contribution in [0.3, 0.4) is 0 Å². The first-order valence-electron chi connectivity index (χ1n) is 9.93. The summed E-state index contributed by atoms with van der Waals surface area (Å²) in [5.41, 5.74) is 10.2. The number of hydrogen-bond acceptors (Lipinski definition) is 4. The van der Waals surface area contributed by atoms with Crippen LogP contribution in [-0.2, 0) is 11.3 Å². The maximum Gasteiger partial charge on any atom is 0.321 e. The molecule has 0 saturated carbocycles. The molecule has 1 aliphatic heterocycles. The van der Waals surface area contributed by atoms with Crippen LogP contribution >= 0.6 is 0 Å². The van der Waals surface area contributed by atoms with Crippen molar-refractivity contribution >= 4 is 29.0 Å². The van der Waals surface area contributed by atoms with Crippen molar-refractivity contribution in [2.45, 2.75) is 12.7 Å². The third-order valence-electron chi connectivity index (χ3n) is 5.08. The molecule has 3 amide bonds. The SMILES string of the molecule is CN1C(=O)[C@H](NC(=O)Nc2cccc(CN)c2)N=C(c2ccccc2)c2ccccc21. The molecular formula is C24H23N5O2. The van der Waals surface area contributed by atoms with E-state index in [0.717, 1.165) is 22.4 Å². The van der Waals surface area contributed by atoms with Crippen LogP contribution in [0.25, 0.3) is 0 Å². The minimum absolute atomic E-state index is 0.329. The summed E-state index contributed by atoms with van der Waals surface area (Å²) in [5.74, 6) is -0.329. The first-order valence-corrected chi connectivity index (χ1v) is 9.93. The lowest BCUT2D eigenvalue weighted by molar-refractivity contribution is -0.119. The van der Waals surface area contributed by atoms with E-state index in [4.69, 9.17) is 5.73 Å². The van der Waals surface area contributed by atoms with E-state index in [1.165, 1.54) is 4.90 Å². The van der Waals surface area contributed by atoms with Crippen molar-refractivity contribution in [3.8, 4) is 0 Å². The molecule has 0 radical (unpaired) electrons. The maximum atomic E-state index is 13.1. The van der Waals surface area contributed by atoms with E-state index in [0.29, 0.717) is 17.9 Å². The van der Waals surface area contributed by atoms with Crippen LogP contribution < -0.4 is 21.3 Å². The number of benzodiazepines with no additional fused rings is 1. The summed E-state index contributed by atoms with van der Waals surface area (Å²) >= 11 is 0. The lowest BCUT2D eigenvalue weighted by Gasteiger charge is -2.21. The standard InChI is InChI=1S/C24H23N5O2/c1-29-20-13-6-5-12-19(20)21(17-9-3-2-4-10-17)27-22(23(29)30)28-24(31)26-18-11-7-8-16(14-18)15-25/h2-14,22H,15,25H2,1H3,(H2,26,28,31)/t22-/m0/s1. The molecule has 0 unspecified atom stereocenters. The van der Waals surface area contributed by atoms with Crippen LogP contribution in [-0.4, -0.2) is 30.9 Å². The number of nitrogens with zero attached hydrogens (tertiary/aromatic N) is 2. The molecule has 31 heavy (non-hydrogen) atoms. The van der Waals surface area contributed by atoms with Gasteiger partial charge < -0.3 is 21.3 Å². The third-order valence-corrected chi connectivity index (χ3v) is 5.08. The van der Waals surface area contributed by atoms with E-state index in [9.17, 15) is 9.59 Å². The molecule has 7 heteroatoms. The highest BCUT2D eigenvalue weighted by atomic mass is 16.2. The van der Waals surface area contributed by atoms with Crippen molar-refractivity contribution in [2.75, 3.05) is 17.3 Å². The molecule has 1 atom stereocenters. The highest BCUT2D eigenvalue weighted by Crippen LogP contribution is 2.27. The van der Waals surface area contributed by atoms with Crippen LogP contribution in [0.15, 0.2) is 83.9 Å². The fourth-order valence-electron chi connectivity index (χ4n) is 3.51. The maximum absolute atomic E-state index is 13.1. The number of nitrogens with one attached hydrogen (secondary N) is 2. The number of rotatable bonds is 4. The summed E-state index contributed by atoms with van der Waals surface area (Å²) in [6.45, 7) is 0.367. The second-order valence-corrected chi connectivity index (χ2v) is 7.16. The van der Waals surface area contributed by atoms with Gasteiger partial charge >= 0.3 is 6.03 Å². The number of para-hydroxylation sites is 1. The number of nitrogens with two attached hydrogens (primary N) is 1. The summed E-state index contributed by atoms with van der Waals surface area (Å²) in [5, 5.41) is 5.45. The van der Waals surface area contributed by atoms with Crippen LogP contribution in [0.2, 0.25) is 0 Å². The zero-order valence-corrected chi connectivity index (χ0v) is 17.1. The van der Waals surface area contributed by atoms with Crippen LogP contribution in [0.5, 0.6) is 0 Å². The zero-order valence-electron chi connectivity index (χ0n) is 17.1. The number of urea groups is 1. The molecule has 0 saturated heterocycles. The van der Waals surface area contributed by atoms with Gasteiger partial charge in [0.15, 0.2) is 0 Å². The number of hydrogen-bond donors (Lipinski definition) is 3. The largest absolute Gasteiger partial charge is 0.326 e. The van der Waals surface area contributed by atoms with Gasteiger partial charge in [0.1, 0.15) is 0 Å². The highest BCUT2D eigenvalue weighted by Gasteiger charge is 2.30. The Morgan fingerprint density at radius 2 is 1.77 bits per heavy atom. The third kappa shape index (κ3) is 4.31. The van der Waals surface area contributed by atoms with E-state index in [2.05, 4.69) is 15.6 Å². The summed E-state index contributed by atoms with van der Waals surface area (Å²) < 4.78 is 0. The average Bonchev–Trinajstić information content (AvgIpc) is 2.90. The summed E-state index contributed by atoms with van der Waals surface area (Å²) in [6.07, 6.45) is -1.08. The molecule has 0 aromatic heterocycles. The van der Waals surface area contributed by atoms with E-state index in [1.54, 1.807) is 19.2 Å². The number of carbonyl (C=O) groups is 2. The van der Waals surface area contributed by atoms with Crippen molar-refractivity contribution in [3.05, 3.63) is 95.6 Å². The molecule has 0 aliphatic carbocycles. The number of amides is 3. The predicted molar refractivity (Wildman–Crippen MR) is 122 cm³/mol. The van der Waals surface area contributed by atoms with Crippen molar-refractivity contribution in [2.24, 2.45) is 10.7 Å². The van der Waals surface area contributed by atoms with Gasteiger partial charge in [-0.2, -0.15) is 0 Å². The minimum atomic E-state index is -1.08. The van der Waals surface area contributed by atoms with Gasteiger partial charge in [-0.05, 0) is 23.8 Å². The molecule has 1 aliphatic rings. The molecule has 0 bridgehead atoms. The number of anilines is 2. The van der Waals surface area contributed by atoms with Crippen LogP contribution in [0.1, 0.15) is 16.7 Å². The van der Waals surface area contributed by atoms with E-state index >= 15 is 0 Å². The van der Waals surface area contributed by atoms with Crippen molar-refractivity contribution in [3.63, 3.8) is 0 Å². The second-order valence-electron chi connectivity index (χ2n) is 7.16. The Kier molecular flexibility index (Phi) is 5.77. The van der Waals surface area contributed by atoms with Crippen LogP contribution in [0, 0.1) is 0 Å². The van der Waals surface area contributed by atoms with Crippen molar-refractivity contribution in [1.82, 2.24) is 5.32 Å². The second kappa shape index (κ2) is 8.81. The number of carbonyl (C=O) groups excluding carboxylic acids is 2. The lowest BCUT2D eigenvalue weighted by Crippen LogP contribution is -2.47. The average molecular weight is 413 g/mol. The monoisotopic (exact) mass is 413 g/mol.